The van der Waals surface area contributed by atoms with Crippen molar-refractivity contribution in [2.75, 3.05) is 42.6 Å². The third-order valence-electron chi connectivity index (χ3n) is 7.43. The average molecular weight is 443 g/mol. The molecule has 1 aromatic heterocycles. The lowest BCUT2D eigenvalue weighted by atomic mass is 9.90. The van der Waals surface area contributed by atoms with E-state index in [9.17, 15) is 8.78 Å². The molecule has 3 fully saturated rings. The Balaban J connectivity index is 1.05. The summed E-state index contributed by atoms with van der Waals surface area (Å²) in [6.45, 7) is 6.08. The van der Waals surface area contributed by atoms with Crippen molar-refractivity contribution in [3.8, 4) is 5.75 Å². The minimum Gasteiger partial charge on any atom is -0.493 e. The SMILES string of the molecule is CCc1cnc(N2CCC([C@H]3C[C@H]3CCOc3cc(F)c(N4CCC4)c(F)c3)CC2)nc1. The van der Waals surface area contributed by atoms with Crippen LogP contribution in [-0.2, 0) is 6.42 Å². The van der Waals surface area contributed by atoms with Crippen molar-refractivity contribution in [2.45, 2.75) is 45.4 Å². The van der Waals surface area contributed by atoms with Gasteiger partial charge in [0.15, 0.2) is 11.6 Å². The van der Waals surface area contributed by atoms with Crippen molar-refractivity contribution >= 4 is 11.6 Å². The Morgan fingerprint density at radius 1 is 1.00 bits per heavy atom. The predicted molar refractivity (Wildman–Crippen MR) is 121 cm³/mol. The van der Waals surface area contributed by atoms with Crippen LogP contribution in [0.4, 0.5) is 20.4 Å². The van der Waals surface area contributed by atoms with Crippen LogP contribution in [-0.4, -0.2) is 42.8 Å². The molecule has 1 aromatic carbocycles. The van der Waals surface area contributed by atoms with Gasteiger partial charge in [-0.3, -0.25) is 0 Å². The van der Waals surface area contributed by atoms with Gasteiger partial charge in [0.05, 0.1) is 6.61 Å². The largest absolute Gasteiger partial charge is 0.493 e. The fraction of sp³-hybridized carbons (Fsp3) is 0.600. The highest BCUT2D eigenvalue weighted by molar-refractivity contribution is 5.53. The van der Waals surface area contributed by atoms with Gasteiger partial charge in [0.1, 0.15) is 11.4 Å². The normalized spacial score (nSPS) is 23.2. The maximum absolute atomic E-state index is 14.3. The summed E-state index contributed by atoms with van der Waals surface area (Å²) in [6.07, 6.45) is 10.4. The summed E-state index contributed by atoms with van der Waals surface area (Å²) >= 11 is 0. The lowest BCUT2D eigenvalue weighted by Crippen LogP contribution is -2.38. The number of benzene rings is 1. The quantitative estimate of drug-likeness (QED) is 0.585. The molecular formula is C25H32F2N4O. The highest BCUT2D eigenvalue weighted by atomic mass is 19.1. The first kappa shape index (κ1) is 21.4. The van der Waals surface area contributed by atoms with E-state index in [-0.39, 0.29) is 5.69 Å². The Kier molecular flexibility index (Phi) is 6.15. The van der Waals surface area contributed by atoms with Crippen LogP contribution in [0, 0.1) is 29.4 Å². The van der Waals surface area contributed by atoms with E-state index < -0.39 is 11.6 Å². The Morgan fingerprint density at radius 2 is 1.69 bits per heavy atom. The van der Waals surface area contributed by atoms with E-state index in [2.05, 4.69) is 21.8 Å². The molecular weight excluding hydrogens is 410 g/mol. The van der Waals surface area contributed by atoms with Gasteiger partial charge < -0.3 is 14.5 Å². The number of anilines is 2. The Labute approximate surface area is 188 Å². The number of nitrogens with zero attached hydrogens (tertiary/aromatic N) is 4. The lowest BCUT2D eigenvalue weighted by molar-refractivity contribution is 0.282. The van der Waals surface area contributed by atoms with Crippen molar-refractivity contribution in [1.29, 1.82) is 0 Å². The van der Waals surface area contributed by atoms with Crippen LogP contribution in [0.15, 0.2) is 24.5 Å². The van der Waals surface area contributed by atoms with E-state index in [4.69, 9.17) is 4.74 Å². The van der Waals surface area contributed by atoms with Crippen molar-refractivity contribution < 1.29 is 13.5 Å². The molecule has 2 atom stereocenters. The van der Waals surface area contributed by atoms with Gasteiger partial charge in [-0.1, -0.05) is 6.92 Å². The summed E-state index contributed by atoms with van der Waals surface area (Å²) in [5.74, 6) is 2.27. The summed E-state index contributed by atoms with van der Waals surface area (Å²) < 4.78 is 34.3. The fourth-order valence-corrected chi connectivity index (χ4v) is 5.20. The summed E-state index contributed by atoms with van der Waals surface area (Å²) in [6, 6.07) is 2.65. The zero-order chi connectivity index (χ0) is 22.1. The van der Waals surface area contributed by atoms with Crippen molar-refractivity contribution in [1.82, 2.24) is 9.97 Å². The second-order valence-corrected chi connectivity index (χ2v) is 9.44. The number of aromatic nitrogens is 2. The molecule has 2 aromatic rings. The molecule has 2 saturated heterocycles. The lowest BCUT2D eigenvalue weighted by Gasteiger charge is -2.33. The number of halogens is 2. The number of hydrogen-bond acceptors (Lipinski definition) is 5. The van der Waals surface area contributed by atoms with Crippen LogP contribution < -0.4 is 14.5 Å². The molecule has 0 spiro atoms. The molecule has 32 heavy (non-hydrogen) atoms. The highest BCUT2D eigenvalue weighted by Crippen LogP contribution is 2.50. The van der Waals surface area contributed by atoms with E-state index in [0.29, 0.717) is 31.4 Å². The number of piperidine rings is 1. The third-order valence-corrected chi connectivity index (χ3v) is 7.43. The Morgan fingerprint density at radius 3 is 2.28 bits per heavy atom. The minimum absolute atomic E-state index is 0.0869. The molecule has 0 amide bonds. The zero-order valence-electron chi connectivity index (χ0n) is 18.8. The van der Waals surface area contributed by atoms with Gasteiger partial charge in [0.25, 0.3) is 0 Å². The standard InChI is InChI=1S/C25H32F2N4O/c1-2-17-15-28-25(29-16-17)31-9-4-18(5-10-31)21-12-19(21)6-11-32-20-13-22(26)24(23(27)14-20)30-7-3-8-30/h13-16,18-19,21H,2-12H2,1H3/t19-,21-/m1/s1. The molecule has 0 bridgehead atoms. The van der Waals surface area contributed by atoms with Gasteiger partial charge >= 0.3 is 0 Å². The van der Waals surface area contributed by atoms with Gasteiger partial charge in [-0.05, 0) is 61.8 Å². The predicted octanol–water partition coefficient (Wildman–Crippen LogP) is 4.85. The van der Waals surface area contributed by atoms with Crippen molar-refractivity contribution in [3.05, 3.63) is 41.7 Å². The molecule has 0 radical (unpaired) electrons. The van der Waals surface area contributed by atoms with E-state index in [1.165, 1.54) is 37.0 Å². The van der Waals surface area contributed by atoms with Crippen molar-refractivity contribution in [2.24, 2.45) is 17.8 Å². The van der Waals surface area contributed by atoms with Crippen LogP contribution in [0.5, 0.6) is 5.75 Å². The second kappa shape index (κ2) is 9.20. The zero-order valence-corrected chi connectivity index (χ0v) is 18.8. The molecule has 2 aliphatic heterocycles. The minimum atomic E-state index is -0.524. The van der Waals surface area contributed by atoms with E-state index in [1.54, 1.807) is 4.90 Å². The molecule has 172 valence electrons. The monoisotopic (exact) mass is 442 g/mol. The summed E-state index contributed by atoms with van der Waals surface area (Å²) in [7, 11) is 0. The maximum atomic E-state index is 14.3. The van der Waals surface area contributed by atoms with E-state index in [1.807, 2.05) is 12.4 Å². The first-order valence-electron chi connectivity index (χ1n) is 12.0. The fourth-order valence-electron chi connectivity index (χ4n) is 5.20. The topological polar surface area (TPSA) is 41.5 Å². The Hall–Kier alpha value is -2.44. The van der Waals surface area contributed by atoms with E-state index in [0.717, 1.165) is 50.1 Å². The summed E-state index contributed by atoms with van der Waals surface area (Å²) in [5.41, 5.74) is 1.26. The summed E-state index contributed by atoms with van der Waals surface area (Å²) in [4.78, 5) is 13.1. The molecule has 3 aliphatic rings. The van der Waals surface area contributed by atoms with Crippen LogP contribution in [0.2, 0.25) is 0 Å². The molecule has 7 heteroatoms. The second-order valence-electron chi connectivity index (χ2n) is 9.44. The average Bonchev–Trinajstić information content (AvgIpc) is 3.55. The molecule has 0 N–H and O–H groups in total. The molecule has 0 unspecified atom stereocenters. The number of hydrogen-bond donors (Lipinski definition) is 0. The van der Waals surface area contributed by atoms with Crippen LogP contribution in [0.25, 0.3) is 0 Å². The third kappa shape index (κ3) is 4.52. The number of aryl methyl sites for hydroxylation is 1. The van der Waals surface area contributed by atoms with Crippen LogP contribution in [0.1, 0.15) is 44.6 Å². The van der Waals surface area contributed by atoms with Gasteiger partial charge in [-0.25, -0.2) is 18.7 Å². The van der Waals surface area contributed by atoms with Gasteiger partial charge in [0, 0.05) is 50.7 Å². The van der Waals surface area contributed by atoms with Gasteiger partial charge in [-0.2, -0.15) is 0 Å². The van der Waals surface area contributed by atoms with Crippen LogP contribution in [0.3, 0.4) is 0 Å². The van der Waals surface area contributed by atoms with Crippen molar-refractivity contribution in [3.63, 3.8) is 0 Å². The maximum Gasteiger partial charge on any atom is 0.225 e. The van der Waals surface area contributed by atoms with Gasteiger partial charge in [0.2, 0.25) is 5.95 Å². The summed E-state index contributed by atoms with van der Waals surface area (Å²) in [5, 5.41) is 0. The number of rotatable bonds is 8. The Bertz CT molecular complexity index is 903. The molecule has 1 saturated carbocycles. The molecule has 1 aliphatic carbocycles. The highest BCUT2D eigenvalue weighted by Gasteiger charge is 2.43. The first-order chi connectivity index (χ1) is 15.6. The molecule has 5 nitrogen and oxygen atoms in total. The molecule has 3 heterocycles. The van der Waals surface area contributed by atoms with Crippen LogP contribution >= 0.6 is 0 Å². The molecule has 5 rings (SSSR count). The number of ether oxygens (including phenoxy) is 1. The van der Waals surface area contributed by atoms with Gasteiger partial charge in [-0.15, -0.1) is 0 Å². The van der Waals surface area contributed by atoms with E-state index >= 15 is 0 Å². The first-order valence-corrected chi connectivity index (χ1v) is 12.0. The smallest absolute Gasteiger partial charge is 0.225 e.